The van der Waals surface area contributed by atoms with Crippen LogP contribution in [0.2, 0.25) is 0 Å². The molecule has 3 rings (SSSR count). The van der Waals surface area contributed by atoms with Crippen LogP contribution in [0.15, 0.2) is 77.7 Å². The molecule has 1 unspecified atom stereocenters. The normalized spacial score (nSPS) is 12.3. The van der Waals surface area contributed by atoms with Crippen molar-refractivity contribution in [2.24, 2.45) is 0 Å². The molecule has 0 saturated heterocycles. The minimum atomic E-state index is -4.20. The molecule has 0 radical (unpaired) electrons. The summed E-state index contributed by atoms with van der Waals surface area (Å²) in [7, 11) is -1.27. The van der Waals surface area contributed by atoms with Gasteiger partial charge in [0, 0.05) is 18.2 Å². The Bertz CT molecular complexity index is 1470. The summed E-state index contributed by atoms with van der Waals surface area (Å²) in [6.07, 6.45) is 0.335. The van der Waals surface area contributed by atoms with Gasteiger partial charge in [0.05, 0.1) is 24.8 Å². The van der Waals surface area contributed by atoms with Gasteiger partial charge in [0.15, 0.2) is 11.5 Å². The van der Waals surface area contributed by atoms with Crippen LogP contribution < -0.4 is 19.1 Å². The van der Waals surface area contributed by atoms with Crippen molar-refractivity contribution >= 4 is 27.5 Å². The fraction of sp³-hybridized carbons (Fsp3) is 0.375. The maximum Gasteiger partial charge on any atom is 0.264 e. The summed E-state index contributed by atoms with van der Waals surface area (Å²) in [5.41, 5.74) is 1.57. The Kier molecular flexibility index (Phi) is 10.6. The van der Waals surface area contributed by atoms with Gasteiger partial charge in [-0.25, -0.2) is 8.42 Å². The molecule has 0 aliphatic rings. The number of carbonyl (C=O) groups excluding carboxylic acids is 2. The van der Waals surface area contributed by atoms with Crippen LogP contribution in [0, 0.1) is 6.92 Å². The zero-order valence-corrected chi connectivity index (χ0v) is 26.2. The quantitative estimate of drug-likeness (QED) is 0.318. The van der Waals surface area contributed by atoms with Gasteiger partial charge >= 0.3 is 0 Å². The monoisotopic (exact) mass is 595 g/mol. The predicted molar refractivity (Wildman–Crippen MR) is 164 cm³/mol. The Morgan fingerprint density at radius 2 is 1.52 bits per heavy atom. The van der Waals surface area contributed by atoms with Crippen molar-refractivity contribution in [1.82, 2.24) is 10.2 Å². The smallest absolute Gasteiger partial charge is 0.264 e. The Morgan fingerprint density at radius 3 is 2.07 bits per heavy atom. The lowest BCUT2D eigenvalue weighted by molar-refractivity contribution is -0.141. The van der Waals surface area contributed by atoms with Gasteiger partial charge in [-0.2, -0.15) is 0 Å². The van der Waals surface area contributed by atoms with E-state index < -0.39 is 34.1 Å². The zero-order valence-electron chi connectivity index (χ0n) is 25.4. The van der Waals surface area contributed by atoms with Crippen molar-refractivity contribution in [3.05, 3.63) is 83.9 Å². The standard InChI is InChI=1S/C32H41N3O6S/c1-8-27(31(37)33-32(3,4)5)34(21-24-16-14-23(2)15-17-24)30(36)22-35(42(38,39)26-12-10-9-11-13-26)25-18-19-28(40-6)29(20-25)41-7/h9-20,27H,8,21-22H2,1-7H3,(H,33,37). The third-order valence-electron chi connectivity index (χ3n) is 6.62. The Morgan fingerprint density at radius 1 is 0.905 bits per heavy atom. The lowest BCUT2D eigenvalue weighted by atomic mass is 10.1. The van der Waals surface area contributed by atoms with Crippen molar-refractivity contribution in [2.45, 2.75) is 64.1 Å². The predicted octanol–water partition coefficient (Wildman–Crippen LogP) is 4.93. The van der Waals surface area contributed by atoms with Crippen LogP contribution in [-0.2, 0) is 26.2 Å². The SMILES string of the molecule is CCC(C(=O)NC(C)(C)C)N(Cc1ccc(C)cc1)C(=O)CN(c1ccc(OC)c(OC)c1)S(=O)(=O)c1ccccc1. The Balaban J connectivity index is 2.11. The van der Waals surface area contributed by atoms with E-state index in [0.29, 0.717) is 17.9 Å². The number of aryl methyl sites for hydroxylation is 1. The van der Waals surface area contributed by atoms with E-state index in [4.69, 9.17) is 9.47 Å². The number of hydrogen-bond acceptors (Lipinski definition) is 6. The first-order valence-electron chi connectivity index (χ1n) is 13.8. The van der Waals surface area contributed by atoms with Gasteiger partial charge in [-0.3, -0.25) is 13.9 Å². The lowest BCUT2D eigenvalue weighted by Gasteiger charge is -2.35. The van der Waals surface area contributed by atoms with Crippen molar-refractivity contribution < 1.29 is 27.5 Å². The molecule has 0 aliphatic heterocycles. The van der Waals surface area contributed by atoms with Gasteiger partial charge in [0.25, 0.3) is 10.0 Å². The van der Waals surface area contributed by atoms with E-state index in [1.165, 1.54) is 37.3 Å². The van der Waals surface area contributed by atoms with Gasteiger partial charge in [-0.1, -0.05) is 55.0 Å². The molecule has 3 aromatic rings. The van der Waals surface area contributed by atoms with Gasteiger partial charge in [0.1, 0.15) is 12.6 Å². The molecule has 1 N–H and O–H groups in total. The maximum atomic E-state index is 14.2. The number of anilines is 1. The first-order chi connectivity index (χ1) is 19.8. The Labute approximate surface area is 249 Å². The van der Waals surface area contributed by atoms with Crippen molar-refractivity contribution in [3.8, 4) is 11.5 Å². The molecule has 0 aromatic heterocycles. The number of nitrogens with zero attached hydrogens (tertiary/aromatic N) is 2. The van der Waals surface area contributed by atoms with E-state index in [-0.39, 0.29) is 23.0 Å². The number of hydrogen-bond donors (Lipinski definition) is 1. The number of carbonyl (C=O) groups is 2. The molecule has 9 nitrogen and oxygen atoms in total. The first-order valence-corrected chi connectivity index (χ1v) is 15.2. The highest BCUT2D eigenvalue weighted by molar-refractivity contribution is 7.92. The molecule has 3 aromatic carbocycles. The summed E-state index contributed by atoms with van der Waals surface area (Å²) >= 11 is 0. The second-order valence-corrected chi connectivity index (χ2v) is 12.9. The molecule has 1 atom stereocenters. The molecule has 0 saturated carbocycles. The number of methoxy groups -OCH3 is 2. The van der Waals surface area contributed by atoms with Crippen LogP contribution in [0.1, 0.15) is 45.2 Å². The molecule has 0 heterocycles. The number of amides is 2. The van der Waals surface area contributed by atoms with Gasteiger partial charge in [0.2, 0.25) is 11.8 Å². The number of ether oxygens (including phenoxy) is 2. The minimum absolute atomic E-state index is 0.0233. The van der Waals surface area contributed by atoms with E-state index in [0.717, 1.165) is 15.4 Å². The second-order valence-electron chi connectivity index (χ2n) is 11.0. The van der Waals surface area contributed by atoms with Crippen molar-refractivity contribution in [2.75, 3.05) is 25.1 Å². The largest absolute Gasteiger partial charge is 0.493 e. The summed E-state index contributed by atoms with van der Waals surface area (Å²) in [4.78, 5) is 29.1. The number of rotatable bonds is 12. The van der Waals surface area contributed by atoms with Crippen molar-refractivity contribution in [1.29, 1.82) is 0 Å². The van der Waals surface area contributed by atoms with E-state index in [1.54, 1.807) is 30.3 Å². The fourth-order valence-corrected chi connectivity index (χ4v) is 5.92. The van der Waals surface area contributed by atoms with E-state index in [1.807, 2.05) is 58.9 Å². The highest BCUT2D eigenvalue weighted by Gasteiger charge is 2.35. The topological polar surface area (TPSA) is 105 Å². The van der Waals surface area contributed by atoms with Crippen LogP contribution in [0.3, 0.4) is 0 Å². The second kappa shape index (κ2) is 13.7. The summed E-state index contributed by atoms with van der Waals surface area (Å²) in [6.45, 7) is 8.99. The zero-order chi connectivity index (χ0) is 31.1. The van der Waals surface area contributed by atoms with Crippen LogP contribution in [-0.4, -0.2) is 57.5 Å². The van der Waals surface area contributed by atoms with Crippen LogP contribution in [0.5, 0.6) is 11.5 Å². The molecule has 2 amide bonds. The molecule has 226 valence electrons. The van der Waals surface area contributed by atoms with Gasteiger partial charge < -0.3 is 19.7 Å². The molecule has 0 spiro atoms. The lowest BCUT2D eigenvalue weighted by Crippen LogP contribution is -2.55. The first kappa shape index (κ1) is 32.5. The van der Waals surface area contributed by atoms with Crippen LogP contribution >= 0.6 is 0 Å². The minimum Gasteiger partial charge on any atom is -0.493 e. The van der Waals surface area contributed by atoms with E-state index in [2.05, 4.69) is 5.32 Å². The molecule has 0 aliphatic carbocycles. The number of nitrogens with one attached hydrogen (secondary N) is 1. The van der Waals surface area contributed by atoms with Crippen molar-refractivity contribution in [3.63, 3.8) is 0 Å². The maximum absolute atomic E-state index is 14.2. The highest BCUT2D eigenvalue weighted by atomic mass is 32.2. The average Bonchev–Trinajstić information content (AvgIpc) is 2.95. The Hall–Kier alpha value is -4.05. The molecule has 42 heavy (non-hydrogen) atoms. The highest BCUT2D eigenvalue weighted by Crippen LogP contribution is 2.34. The molecule has 0 fully saturated rings. The van der Waals surface area contributed by atoms with Gasteiger partial charge in [-0.05, 0) is 63.9 Å². The van der Waals surface area contributed by atoms with Crippen LogP contribution in [0.4, 0.5) is 5.69 Å². The van der Waals surface area contributed by atoms with E-state index >= 15 is 0 Å². The summed E-state index contributed by atoms with van der Waals surface area (Å²) in [5.74, 6) is -0.117. The molecule has 10 heteroatoms. The molecular weight excluding hydrogens is 554 g/mol. The fourth-order valence-electron chi connectivity index (χ4n) is 4.49. The molecule has 0 bridgehead atoms. The number of sulfonamides is 1. The number of benzene rings is 3. The third-order valence-corrected chi connectivity index (χ3v) is 8.41. The summed E-state index contributed by atoms with van der Waals surface area (Å²) in [5, 5.41) is 2.97. The molecular formula is C32H41N3O6S. The summed E-state index contributed by atoms with van der Waals surface area (Å²) < 4.78 is 39.8. The van der Waals surface area contributed by atoms with E-state index in [9.17, 15) is 18.0 Å². The summed E-state index contributed by atoms with van der Waals surface area (Å²) in [6, 6.07) is 19.4. The average molecular weight is 596 g/mol. The third kappa shape index (κ3) is 8.03. The van der Waals surface area contributed by atoms with Gasteiger partial charge in [-0.15, -0.1) is 0 Å². The van der Waals surface area contributed by atoms with Crippen LogP contribution in [0.25, 0.3) is 0 Å².